The maximum absolute atomic E-state index is 11.6. The molecule has 0 amide bonds. The predicted octanol–water partition coefficient (Wildman–Crippen LogP) is 3.71. The van der Waals surface area contributed by atoms with Crippen LogP contribution in [-0.2, 0) is 6.42 Å². The molecule has 2 aromatic heterocycles. The molecular weight excluding hydrogens is 340 g/mol. The lowest BCUT2D eigenvalue weighted by Crippen LogP contribution is -2.09. The third kappa shape index (κ3) is 2.41. The van der Waals surface area contributed by atoms with Crippen LogP contribution in [0.2, 0.25) is 5.02 Å². The second kappa shape index (κ2) is 5.67. The Hall–Kier alpha value is -2.73. The third-order valence-corrected chi connectivity index (χ3v) is 4.58. The summed E-state index contributed by atoms with van der Waals surface area (Å²) in [5.41, 5.74) is 3.81. The van der Waals surface area contributed by atoms with E-state index in [1.165, 1.54) is 6.33 Å². The largest absolute Gasteiger partial charge is 0.476 e. The summed E-state index contributed by atoms with van der Waals surface area (Å²) in [6.45, 7) is 4.14. The van der Waals surface area contributed by atoms with E-state index >= 15 is 0 Å². The first-order chi connectivity index (χ1) is 12.0. The molecule has 1 aliphatic heterocycles. The van der Waals surface area contributed by atoms with Gasteiger partial charge in [-0.1, -0.05) is 25.4 Å². The van der Waals surface area contributed by atoms with Gasteiger partial charge >= 0.3 is 5.97 Å². The summed E-state index contributed by atoms with van der Waals surface area (Å²) in [7, 11) is 0. The summed E-state index contributed by atoms with van der Waals surface area (Å²) >= 11 is 6.24. The summed E-state index contributed by atoms with van der Waals surface area (Å²) in [6.07, 6.45) is 3.47. The van der Waals surface area contributed by atoms with E-state index in [4.69, 9.17) is 11.6 Å². The number of carboxylic acid groups (broad SMARTS) is 1. The van der Waals surface area contributed by atoms with E-state index in [1.54, 1.807) is 12.3 Å². The minimum Gasteiger partial charge on any atom is -0.476 e. The summed E-state index contributed by atoms with van der Waals surface area (Å²) in [5.74, 6) is 0.0363. The zero-order valence-corrected chi connectivity index (χ0v) is 14.4. The average Bonchev–Trinajstić information content (AvgIpc) is 2.93. The molecule has 0 aliphatic carbocycles. The number of hydrogen-bond acceptors (Lipinski definition) is 4. The predicted molar refractivity (Wildman–Crippen MR) is 93.5 cm³/mol. The third-order valence-electron chi connectivity index (χ3n) is 4.34. The van der Waals surface area contributed by atoms with Crippen LogP contribution in [0.15, 0.2) is 30.7 Å². The van der Waals surface area contributed by atoms with Crippen molar-refractivity contribution >= 4 is 17.6 Å². The maximum Gasteiger partial charge on any atom is 0.354 e. The normalized spacial score (nSPS) is 12.3. The number of benzene rings is 1. The van der Waals surface area contributed by atoms with Gasteiger partial charge in [0.1, 0.15) is 12.2 Å². The van der Waals surface area contributed by atoms with Crippen molar-refractivity contribution in [2.45, 2.75) is 26.2 Å². The maximum atomic E-state index is 11.6. The van der Waals surface area contributed by atoms with Crippen molar-refractivity contribution in [2.75, 3.05) is 0 Å². The molecule has 7 heteroatoms. The molecule has 4 rings (SSSR count). The van der Waals surface area contributed by atoms with Gasteiger partial charge in [-0.3, -0.25) is 4.57 Å². The van der Waals surface area contributed by atoms with E-state index in [9.17, 15) is 9.90 Å². The van der Waals surface area contributed by atoms with Gasteiger partial charge in [0.2, 0.25) is 0 Å². The van der Waals surface area contributed by atoms with Gasteiger partial charge in [-0.05, 0) is 18.2 Å². The van der Waals surface area contributed by atoms with Crippen molar-refractivity contribution in [3.8, 4) is 16.9 Å². The van der Waals surface area contributed by atoms with Crippen LogP contribution in [0.25, 0.3) is 16.9 Å². The molecule has 0 unspecified atom stereocenters. The average molecular weight is 355 g/mol. The Kier molecular flexibility index (Phi) is 3.58. The number of rotatable bonds is 2. The molecule has 1 aromatic carbocycles. The SMILES string of the molecule is CC(C)c1ncc2n1-c1cc(Cl)ccc1-c1ncnc(C(=O)O)c1C2. The lowest BCUT2D eigenvalue weighted by molar-refractivity contribution is 0.0689. The molecule has 0 saturated carbocycles. The number of nitrogens with zero attached hydrogens (tertiary/aromatic N) is 4. The van der Waals surface area contributed by atoms with Crippen LogP contribution in [-0.4, -0.2) is 30.6 Å². The van der Waals surface area contributed by atoms with Gasteiger partial charge in [0.05, 0.1) is 11.4 Å². The minimum atomic E-state index is -1.06. The molecule has 3 heterocycles. The Morgan fingerprint density at radius 1 is 1.28 bits per heavy atom. The lowest BCUT2D eigenvalue weighted by Gasteiger charge is -2.15. The van der Waals surface area contributed by atoms with Gasteiger partial charge in [-0.2, -0.15) is 0 Å². The summed E-state index contributed by atoms with van der Waals surface area (Å²) in [6, 6.07) is 5.52. The van der Waals surface area contributed by atoms with Crippen molar-refractivity contribution in [1.82, 2.24) is 19.5 Å². The quantitative estimate of drug-likeness (QED) is 0.593. The molecule has 0 radical (unpaired) electrons. The summed E-state index contributed by atoms with van der Waals surface area (Å²) in [5, 5.41) is 10.1. The molecule has 0 saturated heterocycles. The smallest absolute Gasteiger partial charge is 0.354 e. The van der Waals surface area contributed by atoms with Crippen LogP contribution in [0.4, 0.5) is 0 Å². The van der Waals surface area contributed by atoms with Gasteiger partial charge in [0, 0.05) is 40.4 Å². The van der Waals surface area contributed by atoms with Crippen molar-refractivity contribution in [2.24, 2.45) is 0 Å². The van der Waals surface area contributed by atoms with Crippen LogP contribution < -0.4 is 0 Å². The van der Waals surface area contributed by atoms with E-state index in [2.05, 4.69) is 33.4 Å². The van der Waals surface area contributed by atoms with Crippen molar-refractivity contribution in [3.63, 3.8) is 0 Å². The molecule has 126 valence electrons. The fraction of sp³-hybridized carbons (Fsp3) is 0.222. The molecule has 0 spiro atoms. The van der Waals surface area contributed by atoms with Gasteiger partial charge in [0.25, 0.3) is 0 Å². The highest BCUT2D eigenvalue weighted by Crippen LogP contribution is 2.38. The number of carboxylic acids is 1. The zero-order valence-electron chi connectivity index (χ0n) is 13.7. The molecule has 3 aromatic rings. The van der Waals surface area contributed by atoms with E-state index in [0.29, 0.717) is 22.7 Å². The fourth-order valence-corrected chi connectivity index (χ4v) is 3.45. The minimum absolute atomic E-state index is 0.0200. The van der Waals surface area contributed by atoms with Crippen LogP contribution in [0, 0.1) is 0 Å². The van der Waals surface area contributed by atoms with Crippen molar-refractivity contribution < 1.29 is 9.90 Å². The molecule has 25 heavy (non-hydrogen) atoms. The number of halogens is 1. The topological polar surface area (TPSA) is 80.9 Å². The Bertz CT molecular complexity index is 1010. The summed E-state index contributed by atoms with van der Waals surface area (Å²) in [4.78, 5) is 24.5. The van der Waals surface area contributed by atoms with Crippen molar-refractivity contribution in [3.05, 3.63) is 58.5 Å². The van der Waals surface area contributed by atoms with E-state index in [0.717, 1.165) is 22.8 Å². The van der Waals surface area contributed by atoms with Gasteiger partial charge in [-0.15, -0.1) is 0 Å². The van der Waals surface area contributed by atoms with E-state index < -0.39 is 5.97 Å². The van der Waals surface area contributed by atoms with E-state index in [-0.39, 0.29) is 11.6 Å². The van der Waals surface area contributed by atoms with Crippen LogP contribution in [0.1, 0.15) is 47.3 Å². The monoisotopic (exact) mass is 354 g/mol. The van der Waals surface area contributed by atoms with Crippen LogP contribution >= 0.6 is 11.6 Å². The summed E-state index contributed by atoms with van der Waals surface area (Å²) < 4.78 is 2.05. The Balaban J connectivity index is 2.12. The highest BCUT2D eigenvalue weighted by molar-refractivity contribution is 6.30. The molecular formula is C18H15ClN4O2. The number of carbonyl (C=O) groups is 1. The second-order valence-corrected chi connectivity index (χ2v) is 6.73. The highest BCUT2D eigenvalue weighted by Gasteiger charge is 2.27. The first-order valence-electron chi connectivity index (χ1n) is 7.91. The molecule has 0 bridgehead atoms. The standard InChI is InChI=1S/C18H15ClN4O2/c1-9(2)17-20-7-11-6-13-15(21-8-22-16(13)18(24)25)12-4-3-10(19)5-14(12)23(11)17/h3-5,7-9H,6H2,1-2H3,(H,24,25). The second-order valence-electron chi connectivity index (χ2n) is 6.29. The Morgan fingerprint density at radius 2 is 2.08 bits per heavy atom. The van der Waals surface area contributed by atoms with Crippen LogP contribution in [0.5, 0.6) is 0 Å². The number of fused-ring (bicyclic) bond motifs is 5. The molecule has 0 fully saturated rings. The lowest BCUT2D eigenvalue weighted by atomic mass is 10.0. The molecule has 1 aliphatic rings. The number of imidazole rings is 1. The number of aromatic carboxylic acids is 1. The number of aromatic nitrogens is 4. The molecule has 6 nitrogen and oxygen atoms in total. The van der Waals surface area contributed by atoms with E-state index in [1.807, 2.05) is 12.1 Å². The van der Waals surface area contributed by atoms with Gasteiger partial charge < -0.3 is 5.11 Å². The van der Waals surface area contributed by atoms with Crippen LogP contribution in [0.3, 0.4) is 0 Å². The van der Waals surface area contributed by atoms with Gasteiger partial charge in [0.15, 0.2) is 5.69 Å². The molecule has 1 N–H and O–H groups in total. The Labute approximate surface area is 149 Å². The zero-order chi connectivity index (χ0) is 17.7. The van der Waals surface area contributed by atoms with Crippen molar-refractivity contribution in [1.29, 1.82) is 0 Å². The molecule has 0 atom stereocenters. The Morgan fingerprint density at radius 3 is 2.80 bits per heavy atom. The first-order valence-corrected chi connectivity index (χ1v) is 8.29. The fourth-order valence-electron chi connectivity index (χ4n) is 3.28. The number of hydrogen-bond donors (Lipinski definition) is 1. The first kappa shape index (κ1) is 15.8. The highest BCUT2D eigenvalue weighted by atomic mass is 35.5. The van der Waals surface area contributed by atoms with Gasteiger partial charge in [-0.25, -0.2) is 19.7 Å².